The lowest BCUT2D eigenvalue weighted by Gasteiger charge is -2.28. The standard InChI is InChI=1S/C11H17ClN4/c1-11(2)5-3-4-8(11)15-9-7(12)6-14-10(13)16-9/h6,8H,3-5H2,1-2H3,(H3,13,14,15,16). The molecular formula is C11H17ClN4. The van der Waals surface area contributed by atoms with Crippen LogP contribution < -0.4 is 11.1 Å². The summed E-state index contributed by atoms with van der Waals surface area (Å²) in [6.07, 6.45) is 5.15. The number of hydrogen-bond acceptors (Lipinski definition) is 4. The highest BCUT2D eigenvalue weighted by Crippen LogP contribution is 2.39. The summed E-state index contributed by atoms with van der Waals surface area (Å²) in [5.74, 6) is 0.900. The van der Waals surface area contributed by atoms with E-state index in [0.717, 1.165) is 6.42 Å². The third kappa shape index (κ3) is 2.21. The summed E-state index contributed by atoms with van der Waals surface area (Å²) in [6, 6.07) is 0.402. The van der Waals surface area contributed by atoms with Gasteiger partial charge >= 0.3 is 0 Å². The highest BCUT2D eigenvalue weighted by atomic mass is 35.5. The zero-order chi connectivity index (χ0) is 11.8. The molecule has 1 atom stereocenters. The van der Waals surface area contributed by atoms with Crippen LogP contribution in [0.5, 0.6) is 0 Å². The second-order valence-corrected chi connectivity index (χ2v) is 5.41. The van der Waals surface area contributed by atoms with Gasteiger partial charge in [-0.05, 0) is 18.3 Å². The van der Waals surface area contributed by atoms with Crippen LogP contribution in [-0.4, -0.2) is 16.0 Å². The van der Waals surface area contributed by atoms with Crippen molar-refractivity contribution in [3.05, 3.63) is 11.2 Å². The average molecular weight is 241 g/mol. The summed E-state index contributed by atoms with van der Waals surface area (Å²) >= 11 is 6.02. The zero-order valence-electron chi connectivity index (χ0n) is 9.63. The number of rotatable bonds is 2. The van der Waals surface area contributed by atoms with Crippen LogP contribution in [0.3, 0.4) is 0 Å². The Morgan fingerprint density at radius 2 is 2.31 bits per heavy atom. The Bertz CT molecular complexity index is 392. The normalized spacial score (nSPS) is 23.3. The molecule has 1 fully saturated rings. The number of halogens is 1. The molecule has 88 valence electrons. The van der Waals surface area contributed by atoms with Crippen LogP contribution in [0.15, 0.2) is 6.20 Å². The van der Waals surface area contributed by atoms with Crippen molar-refractivity contribution < 1.29 is 0 Å². The van der Waals surface area contributed by atoms with Gasteiger partial charge in [-0.2, -0.15) is 4.98 Å². The fraction of sp³-hybridized carbons (Fsp3) is 0.636. The van der Waals surface area contributed by atoms with Gasteiger partial charge in [0.2, 0.25) is 5.95 Å². The van der Waals surface area contributed by atoms with Gasteiger partial charge in [0.15, 0.2) is 5.82 Å². The smallest absolute Gasteiger partial charge is 0.222 e. The number of hydrogen-bond donors (Lipinski definition) is 2. The molecule has 1 aromatic rings. The van der Waals surface area contributed by atoms with Crippen molar-refractivity contribution in [2.45, 2.75) is 39.2 Å². The molecule has 1 aromatic heterocycles. The maximum Gasteiger partial charge on any atom is 0.222 e. The number of nitrogens with zero attached hydrogens (tertiary/aromatic N) is 2. The molecule has 0 aromatic carbocycles. The molecular weight excluding hydrogens is 224 g/mol. The van der Waals surface area contributed by atoms with Gasteiger partial charge in [0.05, 0.1) is 6.20 Å². The van der Waals surface area contributed by atoms with Crippen LogP contribution in [0.25, 0.3) is 0 Å². The molecule has 0 bridgehead atoms. The Morgan fingerprint density at radius 1 is 1.56 bits per heavy atom. The first kappa shape index (κ1) is 11.5. The van der Waals surface area contributed by atoms with Crippen molar-refractivity contribution in [3.8, 4) is 0 Å². The van der Waals surface area contributed by atoms with E-state index in [1.165, 1.54) is 19.0 Å². The zero-order valence-corrected chi connectivity index (χ0v) is 10.4. The maximum absolute atomic E-state index is 6.02. The lowest BCUT2D eigenvalue weighted by molar-refractivity contribution is 0.349. The van der Waals surface area contributed by atoms with Gasteiger partial charge in [-0.15, -0.1) is 0 Å². The van der Waals surface area contributed by atoms with Gasteiger partial charge in [-0.1, -0.05) is 31.9 Å². The van der Waals surface area contributed by atoms with E-state index < -0.39 is 0 Å². The van der Waals surface area contributed by atoms with Crippen LogP contribution >= 0.6 is 11.6 Å². The summed E-state index contributed by atoms with van der Waals surface area (Å²) in [6.45, 7) is 4.52. The minimum absolute atomic E-state index is 0.253. The average Bonchev–Trinajstić information content (AvgIpc) is 2.52. The Hall–Kier alpha value is -1.03. The van der Waals surface area contributed by atoms with E-state index >= 15 is 0 Å². The van der Waals surface area contributed by atoms with E-state index in [-0.39, 0.29) is 11.4 Å². The van der Waals surface area contributed by atoms with Gasteiger partial charge in [-0.25, -0.2) is 4.98 Å². The molecule has 0 aliphatic heterocycles. The monoisotopic (exact) mass is 240 g/mol. The summed E-state index contributed by atoms with van der Waals surface area (Å²) in [5.41, 5.74) is 5.83. The Balaban J connectivity index is 2.17. The first-order chi connectivity index (χ1) is 7.49. The van der Waals surface area contributed by atoms with Crippen LogP contribution in [0.4, 0.5) is 11.8 Å². The third-order valence-corrected chi connectivity index (χ3v) is 3.61. The van der Waals surface area contributed by atoms with Gasteiger partial charge in [-0.3, -0.25) is 0 Å². The highest BCUT2D eigenvalue weighted by Gasteiger charge is 2.34. The molecule has 1 aliphatic carbocycles. The molecule has 0 amide bonds. The Kier molecular flexibility index (Phi) is 2.93. The number of anilines is 2. The van der Waals surface area contributed by atoms with E-state index in [9.17, 15) is 0 Å². The molecule has 1 unspecified atom stereocenters. The molecule has 1 heterocycles. The van der Waals surface area contributed by atoms with Crippen molar-refractivity contribution in [1.82, 2.24) is 9.97 Å². The first-order valence-corrected chi connectivity index (χ1v) is 5.91. The number of nitrogens with two attached hydrogens (primary N) is 1. The van der Waals surface area contributed by atoms with E-state index in [1.54, 1.807) is 0 Å². The Labute approximate surface area is 101 Å². The second-order valence-electron chi connectivity index (χ2n) is 5.00. The molecule has 1 aliphatic rings. The van der Waals surface area contributed by atoms with Crippen molar-refractivity contribution in [2.24, 2.45) is 5.41 Å². The van der Waals surface area contributed by atoms with Gasteiger partial charge in [0.1, 0.15) is 5.02 Å². The van der Waals surface area contributed by atoms with Crippen molar-refractivity contribution >= 4 is 23.4 Å². The molecule has 0 saturated heterocycles. The highest BCUT2D eigenvalue weighted by molar-refractivity contribution is 6.32. The summed E-state index contributed by atoms with van der Waals surface area (Å²) < 4.78 is 0. The SMILES string of the molecule is CC1(C)CCCC1Nc1nc(N)ncc1Cl. The lowest BCUT2D eigenvalue weighted by Crippen LogP contribution is -2.31. The minimum Gasteiger partial charge on any atom is -0.368 e. The van der Waals surface area contributed by atoms with Crippen LogP contribution in [0.1, 0.15) is 33.1 Å². The van der Waals surface area contributed by atoms with Crippen LogP contribution in [0, 0.1) is 5.41 Å². The minimum atomic E-state index is 0.253. The molecule has 1 saturated carbocycles. The molecule has 0 spiro atoms. The summed E-state index contributed by atoms with van der Waals surface area (Å²) in [7, 11) is 0. The van der Waals surface area contributed by atoms with Gasteiger partial charge in [0.25, 0.3) is 0 Å². The maximum atomic E-state index is 6.02. The largest absolute Gasteiger partial charge is 0.368 e. The third-order valence-electron chi connectivity index (χ3n) is 3.33. The van der Waals surface area contributed by atoms with Crippen molar-refractivity contribution in [1.29, 1.82) is 0 Å². The first-order valence-electron chi connectivity index (χ1n) is 5.53. The quantitative estimate of drug-likeness (QED) is 0.834. The lowest BCUT2D eigenvalue weighted by atomic mass is 9.87. The Morgan fingerprint density at radius 3 is 2.94 bits per heavy atom. The predicted molar refractivity (Wildman–Crippen MR) is 66.5 cm³/mol. The fourth-order valence-electron chi connectivity index (χ4n) is 2.24. The number of nitrogens with one attached hydrogen (secondary N) is 1. The van der Waals surface area contributed by atoms with Crippen molar-refractivity contribution in [2.75, 3.05) is 11.1 Å². The molecule has 16 heavy (non-hydrogen) atoms. The van der Waals surface area contributed by atoms with Gasteiger partial charge < -0.3 is 11.1 Å². The van der Waals surface area contributed by atoms with E-state index in [4.69, 9.17) is 17.3 Å². The molecule has 4 nitrogen and oxygen atoms in total. The van der Waals surface area contributed by atoms with Crippen LogP contribution in [-0.2, 0) is 0 Å². The van der Waals surface area contributed by atoms with Crippen molar-refractivity contribution in [3.63, 3.8) is 0 Å². The molecule has 5 heteroatoms. The van der Waals surface area contributed by atoms with Crippen LogP contribution in [0.2, 0.25) is 5.02 Å². The second kappa shape index (κ2) is 4.09. The van der Waals surface area contributed by atoms with E-state index in [1.807, 2.05) is 0 Å². The van der Waals surface area contributed by atoms with E-state index in [0.29, 0.717) is 16.9 Å². The predicted octanol–water partition coefficient (Wildman–Crippen LogP) is 2.70. The van der Waals surface area contributed by atoms with E-state index in [2.05, 4.69) is 29.1 Å². The number of aromatic nitrogens is 2. The molecule has 2 rings (SSSR count). The van der Waals surface area contributed by atoms with Gasteiger partial charge in [0, 0.05) is 6.04 Å². The fourth-order valence-corrected chi connectivity index (χ4v) is 2.39. The molecule has 0 radical (unpaired) electrons. The summed E-state index contributed by atoms with van der Waals surface area (Å²) in [5, 5.41) is 3.90. The molecule has 3 N–H and O–H groups in total. The summed E-state index contributed by atoms with van der Waals surface area (Å²) in [4.78, 5) is 7.97. The number of nitrogen functional groups attached to an aromatic ring is 1. The topological polar surface area (TPSA) is 63.8 Å².